The number of rotatable bonds is 5. The Morgan fingerprint density at radius 3 is 2.79 bits per heavy atom. The Labute approximate surface area is 144 Å². The Balaban J connectivity index is 1.65. The molecule has 24 heavy (non-hydrogen) atoms. The highest BCUT2D eigenvalue weighted by Crippen LogP contribution is 2.24. The Morgan fingerprint density at radius 2 is 2.12 bits per heavy atom. The SMILES string of the molecule is CCCC(=O)N1CCCC1C(=O)Nc1ccc(-c2nncs2)cc1. The molecule has 0 bridgehead atoms. The number of anilines is 1. The fraction of sp³-hybridized carbons (Fsp3) is 0.412. The molecule has 1 N–H and O–H groups in total. The summed E-state index contributed by atoms with van der Waals surface area (Å²) in [6.45, 7) is 2.65. The van der Waals surface area contributed by atoms with Crippen LogP contribution in [-0.2, 0) is 9.59 Å². The molecule has 3 rings (SSSR count). The Bertz CT molecular complexity index is 700. The fourth-order valence-electron chi connectivity index (χ4n) is 2.92. The number of benzene rings is 1. The summed E-state index contributed by atoms with van der Waals surface area (Å²) in [5.74, 6) is -0.0395. The second-order valence-corrected chi connectivity index (χ2v) is 6.64. The van der Waals surface area contributed by atoms with Crippen molar-refractivity contribution in [2.24, 2.45) is 0 Å². The summed E-state index contributed by atoms with van der Waals surface area (Å²) in [6.07, 6.45) is 2.91. The van der Waals surface area contributed by atoms with Crippen LogP contribution >= 0.6 is 11.3 Å². The zero-order chi connectivity index (χ0) is 16.9. The van der Waals surface area contributed by atoms with Crippen molar-refractivity contribution in [3.05, 3.63) is 29.8 Å². The van der Waals surface area contributed by atoms with Crippen molar-refractivity contribution in [1.82, 2.24) is 15.1 Å². The molecular weight excluding hydrogens is 324 g/mol. The monoisotopic (exact) mass is 344 g/mol. The smallest absolute Gasteiger partial charge is 0.247 e. The van der Waals surface area contributed by atoms with E-state index in [4.69, 9.17) is 0 Å². The molecule has 6 nitrogen and oxygen atoms in total. The Hall–Kier alpha value is -2.28. The van der Waals surface area contributed by atoms with Gasteiger partial charge in [0.15, 0.2) is 0 Å². The number of carbonyl (C=O) groups excluding carboxylic acids is 2. The summed E-state index contributed by atoms with van der Waals surface area (Å²) < 4.78 is 0. The topological polar surface area (TPSA) is 75.2 Å². The average Bonchev–Trinajstić information content (AvgIpc) is 3.27. The summed E-state index contributed by atoms with van der Waals surface area (Å²) in [4.78, 5) is 26.4. The maximum atomic E-state index is 12.5. The minimum atomic E-state index is -0.355. The van der Waals surface area contributed by atoms with E-state index in [9.17, 15) is 9.59 Å². The van der Waals surface area contributed by atoms with E-state index in [1.54, 1.807) is 10.4 Å². The second-order valence-electron chi connectivity index (χ2n) is 5.81. The third kappa shape index (κ3) is 3.62. The van der Waals surface area contributed by atoms with Crippen molar-refractivity contribution in [2.75, 3.05) is 11.9 Å². The van der Waals surface area contributed by atoms with E-state index < -0.39 is 0 Å². The average molecular weight is 344 g/mol. The molecule has 126 valence electrons. The maximum absolute atomic E-state index is 12.5. The molecule has 2 heterocycles. The number of nitrogens with zero attached hydrogens (tertiary/aromatic N) is 3. The third-order valence-corrected chi connectivity index (χ3v) is 4.84. The first-order valence-electron chi connectivity index (χ1n) is 8.16. The summed E-state index contributed by atoms with van der Waals surface area (Å²) in [7, 11) is 0. The number of nitrogens with one attached hydrogen (secondary N) is 1. The molecule has 1 aromatic heterocycles. The number of hydrogen-bond acceptors (Lipinski definition) is 5. The quantitative estimate of drug-likeness (QED) is 0.905. The molecule has 1 aromatic carbocycles. The number of aromatic nitrogens is 2. The Morgan fingerprint density at radius 1 is 1.33 bits per heavy atom. The first-order valence-corrected chi connectivity index (χ1v) is 9.04. The van der Waals surface area contributed by atoms with E-state index in [-0.39, 0.29) is 17.9 Å². The van der Waals surface area contributed by atoms with Gasteiger partial charge in [0.2, 0.25) is 11.8 Å². The highest BCUT2D eigenvalue weighted by molar-refractivity contribution is 7.12. The zero-order valence-corrected chi connectivity index (χ0v) is 14.4. The molecule has 1 unspecified atom stereocenters. The zero-order valence-electron chi connectivity index (χ0n) is 13.6. The van der Waals surface area contributed by atoms with Crippen molar-refractivity contribution in [2.45, 2.75) is 38.6 Å². The van der Waals surface area contributed by atoms with Crippen LogP contribution in [0.15, 0.2) is 29.8 Å². The normalized spacial score (nSPS) is 17.0. The lowest BCUT2D eigenvalue weighted by atomic mass is 10.1. The summed E-state index contributed by atoms with van der Waals surface area (Å²) in [5.41, 5.74) is 3.38. The minimum Gasteiger partial charge on any atom is -0.331 e. The lowest BCUT2D eigenvalue weighted by Crippen LogP contribution is -2.43. The van der Waals surface area contributed by atoms with Gasteiger partial charge in [0.05, 0.1) is 0 Å². The van der Waals surface area contributed by atoms with Gasteiger partial charge in [-0.25, -0.2) is 0 Å². The van der Waals surface area contributed by atoms with E-state index >= 15 is 0 Å². The van der Waals surface area contributed by atoms with Crippen molar-refractivity contribution in [3.8, 4) is 10.6 Å². The maximum Gasteiger partial charge on any atom is 0.247 e. The predicted molar refractivity (Wildman–Crippen MR) is 93.6 cm³/mol. The van der Waals surface area contributed by atoms with E-state index in [1.165, 1.54) is 11.3 Å². The molecule has 2 aromatic rings. The number of likely N-dealkylation sites (tertiary alicyclic amines) is 1. The van der Waals surface area contributed by atoms with Crippen LogP contribution in [0, 0.1) is 0 Å². The molecule has 1 aliphatic rings. The van der Waals surface area contributed by atoms with Gasteiger partial charge >= 0.3 is 0 Å². The summed E-state index contributed by atoms with van der Waals surface area (Å²) >= 11 is 1.47. The first kappa shape index (κ1) is 16.6. The molecule has 1 saturated heterocycles. The molecule has 2 amide bonds. The van der Waals surface area contributed by atoms with Gasteiger partial charge < -0.3 is 10.2 Å². The highest BCUT2D eigenvalue weighted by Gasteiger charge is 2.33. The van der Waals surface area contributed by atoms with Gasteiger partial charge in [-0.05, 0) is 43.5 Å². The lowest BCUT2D eigenvalue weighted by molar-refractivity contribution is -0.136. The van der Waals surface area contributed by atoms with E-state index in [2.05, 4.69) is 15.5 Å². The molecule has 0 radical (unpaired) electrons. The van der Waals surface area contributed by atoms with Crippen LogP contribution in [0.1, 0.15) is 32.6 Å². The van der Waals surface area contributed by atoms with Gasteiger partial charge in [0.25, 0.3) is 0 Å². The molecule has 0 spiro atoms. The summed E-state index contributed by atoms with van der Waals surface area (Å²) in [6, 6.07) is 7.16. The van der Waals surface area contributed by atoms with Gasteiger partial charge in [-0.1, -0.05) is 18.3 Å². The van der Waals surface area contributed by atoms with E-state index in [0.717, 1.165) is 35.5 Å². The van der Waals surface area contributed by atoms with Crippen LogP contribution in [0.5, 0.6) is 0 Å². The highest BCUT2D eigenvalue weighted by atomic mass is 32.1. The van der Waals surface area contributed by atoms with Crippen molar-refractivity contribution < 1.29 is 9.59 Å². The van der Waals surface area contributed by atoms with Gasteiger partial charge in [-0.3, -0.25) is 9.59 Å². The van der Waals surface area contributed by atoms with Gasteiger partial charge in [0, 0.05) is 24.2 Å². The van der Waals surface area contributed by atoms with Crippen molar-refractivity contribution >= 4 is 28.8 Å². The third-order valence-electron chi connectivity index (χ3n) is 4.10. The number of hydrogen-bond donors (Lipinski definition) is 1. The molecular formula is C17H20N4O2S. The van der Waals surface area contributed by atoms with Crippen LogP contribution in [0.4, 0.5) is 5.69 Å². The molecule has 1 aliphatic heterocycles. The van der Waals surface area contributed by atoms with Crippen molar-refractivity contribution in [1.29, 1.82) is 0 Å². The largest absolute Gasteiger partial charge is 0.331 e. The Kier molecular flexibility index (Phi) is 5.20. The fourth-order valence-corrected chi connectivity index (χ4v) is 3.48. The van der Waals surface area contributed by atoms with Crippen LogP contribution in [0.2, 0.25) is 0 Å². The summed E-state index contributed by atoms with van der Waals surface area (Å²) in [5, 5.41) is 11.6. The van der Waals surface area contributed by atoms with Gasteiger partial charge in [0.1, 0.15) is 16.6 Å². The molecule has 0 saturated carbocycles. The van der Waals surface area contributed by atoms with Crippen LogP contribution in [0.3, 0.4) is 0 Å². The number of amides is 2. The standard InChI is InChI=1S/C17H20N4O2S/c1-2-4-15(22)21-10-3-5-14(21)16(23)19-13-8-6-12(7-9-13)17-20-18-11-24-17/h6-9,11,14H,2-5,10H2,1H3,(H,19,23). The molecule has 7 heteroatoms. The minimum absolute atomic E-state index is 0.0711. The second kappa shape index (κ2) is 7.53. The molecule has 1 fully saturated rings. The van der Waals surface area contributed by atoms with Crippen LogP contribution in [0.25, 0.3) is 10.6 Å². The lowest BCUT2D eigenvalue weighted by Gasteiger charge is -2.23. The van der Waals surface area contributed by atoms with E-state index in [0.29, 0.717) is 13.0 Å². The first-order chi connectivity index (χ1) is 11.7. The van der Waals surface area contributed by atoms with Gasteiger partial charge in [-0.15, -0.1) is 10.2 Å². The van der Waals surface area contributed by atoms with Crippen LogP contribution in [-0.4, -0.2) is 39.5 Å². The number of carbonyl (C=O) groups is 2. The van der Waals surface area contributed by atoms with Gasteiger partial charge in [-0.2, -0.15) is 0 Å². The van der Waals surface area contributed by atoms with Crippen LogP contribution < -0.4 is 5.32 Å². The predicted octanol–water partition coefficient (Wildman–Crippen LogP) is 2.93. The molecule has 1 atom stereocenters. The van der Waals surface area contributed by atoms with Crippen molar-refractivity contribution in [3.63, 3.8) is 0 Å². The van der Waals surface area contributed by atoms with E-state index in [1.807, 2.05) is 31.2 Å². The molecule has 0 aliphatic carbocycles.